The third kappa shape index (κ3) is 4.01. The normalized spacial score (nSPS) is 20.7. The van der Waals surface area contributed by atoms with E-state index < -0.39 is 0 Å². The summed E-state index contributed by atoms with van der Waals surface area (Å²) in [6.07, 6.45) is 0.381. The van der Waals surface area contributed by atoms with Crippen LogP contribution in [0.1, 0.15) is 17.5 Å². The van der Waals surface area contributed by atoms with Crippen LogP contribution in [0, 0.1) is 19.8 Å². The molecule has 2 fully saturated rings. The summed E-state index contributed by atoms with van der Waals surface area (Å²) in [5.41, 5.74) is 2.24. The number of carbonyl (C=O) groups excluding carboxylic acids is 2. The van der Waals surface area contributed by atoms with Gasteiger partial charge in [-0.2, -0.15) is 0 Å². The van der Waals surface area contributed by atoms with E-state index in [0.717, 1.165) is 23.4 Å². The molecular weight excluding hydrogens is 330 g/mol. The summed E-state index contributed by atoms with van der Waals surface area (Å²) in [4.78, 5) is 30.5. The highest BCUT2D eigenvalue weighted by Gasteiger charge is 2.41. The SMILES string of the molecule is Cc1cccc(C)c1OC1CN(C(=O)[C@H]2CC(=O)N(CCN(C)C)C2)C1. The van der Waals surface area contributed by atoms with Crippen molar-refractivity contribution in [2.75, 3.05) is 46.8 Å². The number of rotatable bonds is 6. The molecule has 0 N–H and O–H groups in total. The number of hydrogen-bond donors (Lipinski definition) is 0. The Balaban J connectivity index is 1.49. The van der Waals surface area contributed by atoms with Crippen LogP contribution in [0.4, 0.5) is 0 Å². The molecule has 0 aromatic heterocycles. The number of hydrogen-bond acceptors (Lipinski definition) is 4. The summed E-state index contributed by atoms with van der Waals surface area (Å²) in [7, 11) is 3.97. The van der Waals surface area contributed by atoms with Gasteiger partial charge in [-0.1, -0.05) is 18.2 Å². The van der Waals surface area contributed by atoms with Crippen LogP contribution in [0.3, 0.4) is 0 Å². The van der Waals surface area contributed by atoms with Gasteiger partial charge in [-0.3, -0.25) is 9.59 Å². The minimum atomic E-state index is -0.203. The molecule has 2 aliphatic rings. The highest BCUT2D eigenvalue weighted by molar-refractivity contribution is 5.89. The van der Waals surface area contributed by atoms with Gasteiger partial charge in [0, 0.05) is 26.1 Å². The molecule has 26 heavy (non-hydrogen) atoms. The number of likely N-dealkylation sites (tertiary alicyclic amines) is 2. The average Bonchev–Trinajstić information content (AvgIpc) is 2.91. The van der Waals surface area contributed by atoms with Gasteiger partial charge in [-0.25, -0.2) is 0 Å². The van der Waals surface area contributed by atoms with Crippen LogP contribution in [-0.2, 0) is 9.59 Å². The zero-order chi connectivity index (χ0) is 18.8. The van der Waals surface area contributed by atoms with Gasteiger partial charge < -0.3 is 19.4 Å². The number of benzene rings is 1. The molecule has 0 bridgehead atoms. The second-order valence-electron chi connectivity index (χ2n) is 7.75. The van der Waals surface area contributed by atoms with Gasteiger partial charge in [0.05, 0.1) is 19.0 Å². The lowest BCUT2D eigenvalue weighted by Gasteiger charge is -2.40. The largest absolute Gasteiger partial charge is 0.486 e. The van der Waals surface area contributed by atoms with Gasteiger partial charge >= 0.3 is 0 Å². The Labute approximate surface area is 155 Å². The van der Waals surface area contributed by atoms with E-state index in [4.69, 9.17) is 4.74 Å². The second kappa shape index (κ2) is 7.66. The van der Waals surface area contributed by atoms with Crippen molar-refractivity contribution in [2.24, 2.45) is 5.92 Å². The Morgan fingerprint density at radius 3 is 2.46 bits per heavy atom. The Bertz CT molecular complexity index is 663. The van der Waals surface area contributed by atoms with Crippen LogP contribution < -0.4 is 4.74 Å². The highest BCUT2D eigenvalue weighted by atomic mass is 16.5. The van der Waals surface area contributed by atoms with Crippen LogP contribution in [-0.4, -0.2) is 79.4 Å². The number of carbonyl (C=O) groups is 2. The van der Waals surface area contributed by atoms with Crippen molar-refractivity contribution >= 4 is 11.8 Å². The number of likely N-dealkylation sites (N-methyl/N-ethyl adjacent to an activating group) is 1. The molecule has 2 aliphatic heterocycles. The number of nitrogens with zero attached hydrogens (tertiary/aromatic N) is 3. The first-order valence-electron chi connectivity index (χ1n) is 9.29. The summed E-state index contributed by atoms with van der Waals surface area (Å²) in [6, 6.07) is 6.10. The van der Waals surface area contributed by atoms with Gasteiger partial charge in [0.15, 0.2) is 0 Å². The first kappa shape index (κ1) is 18.7. The summed E-state index contributed by atoms with van der Waals surface area (Å²) < 4.78 is 6.09. The molecule has 6 heteroatoms. The average molecular weight is 359 g/mol. The third-order valence-corrected chi connectivity index (χ3v) is 5.23. The molecule has 3 rings (SSSR count). The Morgan fingerprint density at radius 1 is 1.19 bits per heavy atom. The van der Waals surface area contributed by atoms with E-state index in [1.54, 1.807) is 0 Å². The fourth-order valence-corrected chi connectivity index (χ4v) is 3.58. The lowest BCUT2D eigenvalue weighted by atomic mass is 10.0. The van der Waals surface area contributed by atoms with Gasteiger partial charge in [-0.05, 0) is 39.1 Å². The monoisotopic (exact) mass is 359 g/mol. The summed E-state index contributed by atoms with van der Waals surface area (Å²) in [6.45, 7) is 7.34. The second-order valence-corrected chi connectivity index (χ2v) is 7.75. The maximum absolute atomic E-state index is 12.7. The molecule has 1 atom stereocenters. The minimum absolute atomic E-state index is 0.0423. The Morgan fingerprint density at radius 2 is 1.85 bits per heavy atom. The first-order chi connectivity index (χ1) is 12.3. The molecule has 6 nitrogen and oxygen atoms in total. The maximum atomic E-state index is 12.7. The van der Waals surface area contributed by atoms with Gasteiger partial charge in [0.25, 0.3) is 0 Å². The molecule has 142 valence electrons. The molecule has 1 aromatic carbocycles. The fourth-order valence-electron chi connectivity index (χ4n) is 3.58. The third-order valence-electron chi connectivity index (χ3n) is 5.23. The van der Waals surface area contributed by atoms with Gasteiger partial charge in [0.1, 0.15) is 11.9 Å². The number of ether oxygens (including phenoxy) is 1. The number of aryl methyl sites for hydroxylation is 2. The van der Waals surface area contributed by atoms with Gasteiger partial charge in [-0.15, -0.1) is 0 Å². The van der Waals surface area contributed by atoms with Crippen LogP contribution in [0.2, 0.25) is 0 Å². The zero-order valence-electron chi connectivity index (χ0n) is 16.2. The number of para-hydroxylation sites is 1. The van der Waals surface area contributed by atoms with E-state index in [2.05, 4.69) is 0 Å². The molecule has 0 aliphatic carbocycles. The highest BCUT2D eigenvalue weighted by Crippen LogP contribution is 2.28. The quantitative estimate of drug-likeness (QED) is 0.768. The van der Waals surface area contributed by atoms with Gasteiger partial charge in [0.2, 0.25) is 11.8 Å². The standard InChI is InChI=1S/C20H29N3O3/c1-14-6-5-7-15(2)19(14)26-17-12-23(13-17)20(25)16-10-18(24)22(11-16)9-8-21(3)4/h5-7,16-17H,8-13H2,1-4H3/t16-/m0/s1. The molecule has 0 spiro atoms. The van der Waals surface area contributed by atoms with E-state index in [1.165, 1.54) is 0 Å². The molecule has 0 unspecified atom stereocenters. The van der Waals surface area contributed by atoms with Crippen LogP contribution in [0.15, 0.2) is 18.2 Å². The maximum Gasteiger partial charge on any atom is 0.228 e. The minimum Gasteiger partial charge on any atom is -0.486 e. The van der Waals surface area contributed by atoms with Crippen molar-refractivity contribution in [3.8, 4) is 5.75 Å². The van der Waals surface area contributed by atoms with Crippen molar-refractivity contribution in [1.29, 1.82) is 0 Å². The molecule has 2 saturated heterocycles. The van der Waals surface area contributed by atoms with Crippen LogP contribution in [0.25, 0.3) is 0 Å². The Kier molecular flexibility index (Phi) is 5.51. The molecule has 2 heterocycles. The number of amides is 2. The summed E-state index contributed by atoms with van der Waals surface area (Å²) in [5, 5.41) is 0. The van der Waals surface area contributed by atoms with Crippen molar-refractivity contribution in [1.82, 2.24) is 14.7 Å². The molecule has 1 aromatic rings. The van der Waals surface area contributed by atoms with E-state index in [-0.39, 0.29) is 23.8 Å². The van der Waals surface area contributed by atoms with Crippen LogP contribution in [0.5, 0.6) is 5.75 Å². The van der Waals surface area contributed by atoms with Crippen molar-refractivity contribution in [3.05, 3.63) is 29.3 Å². The predicted molar refractivity (Wildman–Crippen MR) is 100 cm³/mol. The fraction of sp³-hybridized carbons (Fsp3) is 0.600. The lowest BCUT2D eigenvalue weighted by Crippen LogP contribution is -2.58. The van der Waals surface area contributed by atoms with E-state index in [0.29, 0.717) is 32.6 Å². The van der Waals surface area contributed by atoms with E-state index in [1.807, 2.05) is 60.8 Å². The molecule has 2 amide bonds. The molecule has 0 saturated carbocycles. The molecular formula is C20H29N3O3. The zero-order valence-corrected chi connectivity index (χ0v) is 16.2. The topological polar surface area (TPSA) is 53.1 Å². The van der Waals surface area contributed by atoms with Crippen LogP contribution >= 0.6 is 0 Å². The molecule has 0 radical (unpaired) electrons. The summed E-state index contributed by atoms with van der Waals surface area (Å²) >= 11 is 0. The van der Waals surface area contributed by atoms with E-state index >= 15 is 0 Å². The van der Waals surface area contributed by atoms with Crippen molar-refractivity contribution in [2.45, 2.75) is 26.4 Å². The van der Waals surface area contributed by atoms with Crippen molar-refractivity contribution in [3.63, 3.8) is 0 Å². The Hall–Kier alpha value is -2.08. The van der Waals surface area contributed by atoms with Crippen molar-refractivity contribution < 1.29 is 14.3 Å². The smallest absolute Gasteiger partial charge is 0.228 e. The predicted octanol–water partition coefficient (Wildman–Crippen LogP) is 1.30. The summed E-state index contributed by atoms with van der Waals surface area (Å²) in [5.74, 6) is 0.905. The van der Waals surface area contributed by atoms with E-state index in [9.17, 15) is 9.59 Å². The lowest BCUT2D eigenvalue weighted by molar-refractivity contribution is -0.144. The first-order valence-corrected chi connectivity index (χ1v) is 9.29.